The average molecular weight is 227 g/mol. The standard InChI is InChI=1S/C10H10FNO2S/c11-7-2-1-3-8-9(7)12-6-10(4-5-10)15(8,13)14/h1-3,12H,4-6H2. The first-order valence-corrected chi connectivity index (χ1v) is 6.32. The normalized spacial score (nSPS) is 24.3. The summed E-state index contributed by atoms with van der Waals surface area (Å²) in [6, 6.07) is 4.18. The Labute approximate surface area is 87.2 Å². The highest BCUT2D eigenvalue weighted by molar-refractivity contribution is 7.93. The molecule has 5 heteroatoms. The Hall–Kier alpha value is -1.10. The zero-order chi connectivity index (χ0) is 10.7. The molecular formula is C10H10FNO2S. The lowest BCUT2D eigenvalue weighted by atomic mass is 10.2. The smallest absolute Gasteiger partial charge is 0.187 e. The van der Waals surface area contributed by atoms with Gasteiger partial charge in [-0.15, -0.1) is 0 Å². The topological polar surface area (TPSA) is 46.2 Å². The van der Waals surface area contributed by atoms with E-state index in [4.69, 9.17) is 0 Å². The van der Waals surface area contributed by atoms with Crippen LogP contribution in [-0.2, 0) is 9.84 Å². The van der Waals surface area contributed by atoms with Crippen LogP contribution in [0, 0.1) is 5.82 Å². The van der Waals surface area contributed by atoms with E-state index >= 15 is 0 Å². The zero-order valence-corrected chi connectivity index (χ0v) is 8.77. The van der Waals surface area contributed by atoms with Gasteiger partial charge in [0.2, 0.25) is 0 Å². The molecule has 3 nitrogen and oxygen atoms in total. The maximum Gasteiger partial charge on any atom is 0.187 e. The number of hydrogen-bond acceptors (Lipinski definition) is 3. The molecule has 0 bridgehead atoms. The minimum atomic E-state index is -3.33. The van der Waals surface area contributed by atoms with Crippen molar-refractivity contribution < 1.29 is 12.8 Å². The molecule has 1 spiro atoms. The molecule has 1 aromatic carbocycles. The van der Waals surface area contributed by atoms with E-state index in [-0.39, 0.29) is 10.6 Å². The SMILES string of the molecule is O=S1(=O)c2cccc(F)c2NCC12CC2. The summed E-state index contributed by atoms with van der Waals surface area (Å²) in [6.45, 7) is 0.337. The van der Waals surface area contributed by atoms with Crippen molar-refractivity contribution in [3.8, 4) is 0 Å². The maximum absolute atomic E-state index is 13.4. The Morgan fingerprint density at radius 3 is 2.73 bits per heavy atom. The molecule has 0 unspecified atom stereocenters. The second-order valence-electron chi connectivity index (χ2n) is 4.15. The third-order valence-electron chi connectivity index (χ3n) is 3.23. The largest absolute Gasteiger partial charge is 0.380 e. The number of anilines is 1. The number of para-hydroxylation sites is 1. The van der Waals surface area contributed by atoms with Gasteiger partial charge >= 0.3 is 0 Å². The summed E-state index contributed by atoms with van der Waals surface area (Å²) >= 11 is 0. The second-order valence-corrected chi connectivity index (χ2v) is 6.47. The van der Waals surface area contributed by atoms with E-state index in [1.54, 1.807) is 0 Å². The molecule has 80 valence electrons. The van der Waals surface area contributed by atoms with Crippen LogP contribution >= 0.6 is 0 Å². The van der Waals surface area contributed by atoms with Gasteiger partial charge in [0.25, 0.3) is 0 Å². The molecule has 15 heavy (non-hydrogen) atoms. The van der Waals surface area contributed by atoms with E-state index in [0.717, 1.165) is 0 Å². The van der Waals surface area contributed by atoms with Crippen LogP contribution < -0.4 is 5.32 Å². The first kappa shape index (κ1) is 9.15. The minimum absolute atomic E-state index is 0.117. The van der Waals surface area contributed by atoms with Crippen molar-refractivity contribution in [2.24, 2.45) is 0 Å². The Kier molecular flexibility index (Phi) is 1.54. The predicted molar refractivity (Wildman–Crippen MR) is 54.0 cm³/mol. The number of nitrogens with one attached hydrogen (secondary N) is 1. The van der Waals surface area contributed by atoms with Crippen LogP contribution in [-0.4, -0.2) is 19.7 Å². The molecule has 1 fully saturated rings. The summed E-state index contributed by atoms with van der Waals surface area (Å²) < 4.78 is 37.0. The molecule has 0 atom stereocenters. The van der Waals surface area contributed by atoms with E-state index in [1.165, 1.54) is 18.2 Å². The van der Waals surface area contributed by atoms with E-state index < -0.39 is 20.4 Å². The molecule has 0 saturated heterocycles. The maximum atomic E-state index is 13.4. The quantitative estimate of drug-likeness (QED) is 0.731. The van der Waals surface area contributed by atoms with Crippen molar-refractivity contribution in [2.75, 3.05) is 11.9 Å². The fourth-order valence-electron chi connectivity index (χ4n) is 2.06. The monoisotopic (exact) mass is 227 g/mol. The first-order valence-electron chi connectivity index (χ1n) is 4.84. The Balaban J connectivity index is 2.29. The van der Waals surface area contributed by atoms with Crippen LogP contribution in [0.15, 0.2) is 23.1 Å². The summed E-state index contributed by atoms with van der Waals surface area (Å²) in [7, 11) is -3.33. The fourth-order valence-corrected chi connectivity index (χ4v) is 4.13. The van der Waals surface area contributed by atoms with E-state index in [0.29, 0.717) is 19.4 Å². The zero-order valence-electron chi connectivity index (χ0n) is 7.96. The predicted octanol–water partition coefficient (Wildman–Crippen LogP) is 1.56. The third-order valence-corrected chi connectivity index (χ3v) is 5.84. The molecule has 1 aliphatic carbocycles. The highest BCUT2D eigenvalue weighted by atomic mass is 32.2. The lowest BCUT2D eigenvalue weighted by molar-refractivity contribution is 0.569. The van der Waals surface area contributed by atoms with Gasteiger partial charge in [0.05, 0.1) is 15.3 Å². The summed E-state index contributed by atoms with van der Waals surface area (Å²) in [4.78, 5) is 0.117. The van der Waals surface area contributed by atoms with Crippen LogP contribution in [0.2, 0.25) is 0 Å². The molecule has 1 N–H and O–H groups in total. The Morgan fingerprint density at radius 2 is 2.07 bits per heavy atom. The molecule has 0 aromatic heterocycles. The van der Waals surface area contributed by atoms with Crippen LogP contribution in [0.5, 0.6) is 0 Å². The lowest BCUT2D eigenvalue weighted by Crippen LogP contribution is -2.36. The van der Waals surface area contributed by atoms with Gasteiger partial charge in [-0.1, -0.05) is 6.07 Å². The van der Waals surface area contributed by atoms with Gasteiger partial charge in [0, 0.05) is 6.54 Å². The molecular weight excluding hydrogens is 217 g/mol. The van der Waals surface area contributed by atoms with Gasteiger partial charge in [-0.05, 0) is 25.0 Å². The molecule has 0 radical (unpaired) electrons. The fraction of sp³-hybridized carbons (Fsp3) is 0.400. The van der Waals surface area contributed by atoms with Crippen molar-refractivity contribution in [1.82, 2.24) is 0 Å². The van der Waals surface area contributed by atoms with Gasteiger partial charge in [0.15, 0.2) is 9.84 Å². The highest BCUT2D eigenvalue weighted by Gasteiger charge is 2.57. The van der Waals surface area contributed by atoms with Crippen LogP contribution in [0.4, 0.5) is 10.1 Å². The first-order chi connectivity index (χ1) is 7.07. The van der Waals surface area contributed by atoms with Crippen LogP contribution in [0.1, 0.15) is 12.8 Å². The molecule has 1 heterocycles. The number of fused-ring (bicyclic) bond motifs is 1. The number of benzene rings is 1. The third kappa shape index (κ3) is 1.01. The number of hydrogen-bond donors (Lipinski definition) is 1. The van der Waals surface area contributed by atoms with Crippen molar-refractivity contribution >= 4 is 15.5 Å². The van der Waals surface area contributed by atoms with E-state index in [2.05, 4.69) is 5.32 Å². The van der Waals surface area contributed by atoms with Crippen molar-refractivity contribution in [3.05, 3.63) is 24.0 Å². The molecule has 2 aliphatic rings. The van der Waals surface area contributed by atoms with E-state index in [1.807, 2.05) is 0 Å². The second kappa shape index (κ2) is 2.52. The molecule has 3 rings (SSSR count). The Bertz CT molecular complexity index is 534. The summed E-state index contributed by atoms with van der Waals surface area (Å²) in [5.41, 5.74) is 0.134. The van der Waals surface area contributed by atoms with E-state index in [9.17, 15) is 12.8 Å². The van der Waals surface area contributed by atoms with Crippen LogP contribution in [0.25, 0.3) is 0 Å². The number of rotatable bonds is 0. The number of halogens is 1. The summed E-state index contributed by atoms with van der Waals surface area (Å²) in [5.74, 6) is -0.494. The summed E-state index contributed by atoms with van der Waals surface area (Å²) in [6.07, 6.45) is 1.36. The summed E-state index contributed by atoms with van der Waals surface area (Å²) in [5, 5.41) is 2.89. The van der Waals surface area contributed by atoms with Gasteiger partial charge in [-0.2, -0.15) is 0 Å². The number of sulfone groups is 1. The van der Waals surface area contributed by atoms with Crippen molar-refractivity contribution in [2.45, 2.75) is 22.5 Å². The van der Waals surface area contributed by atoms with Crippen molar-refractivity contribution in [3.63, 3.8) is 0 Å². The van der Waals surface area contributed by atoms with Crippen molar-refractivity contribution in [1.29, 1.82) is 0 Å². The van der Waals surface area contributed by atoms with Gasteiger partial charge in [-0.3, -0.25) is 0 Å². The van der Waals surface area contributed by atoms with Gasteiger partial charge < -0.3 is 5.32 Å². The highest BCUT2D eigenvalue weighted by Crippen LogP contribution is 2.51. The molecule has 0 amide bonds. The molecule has 1 saturated carbocycles. The molecule has 1 aromatic rings. The Morgan fingerprint density at radius 1 is 1.33 bits per heavy atom. The van der Waals surface area contributed by atoms with Crippen LogP contribution in [0.3, 0.4) is 0 Å². The lowest BCUT2D eigenvalue weighted by Gasteiger charge is -2.26. The minimum Gasteiger partial charge on any atom is -0.380 e. The average Bonchev–Trinajstić information content (AvgIpc) is 2.95. The molecule has 1 aliphatic heterocycles. The van der Waals surface area contributed by atoms with Gasteiger partial charge in [0.1, 0.15) is 5.82 Å². The van der Waals surface area contributed by atoms with Gasteiger partial charge in [-0.25, -0.2) is 12.8 Å².